The van der Waals surface area contributed by atoms with Crippen LogP contribution >= 0.6 is 0 Å². The van der Waals surface area contributed by atoms with Crippen LogP contribution in [0, 0.1) is 0 Å². The highest BCUT2D eigenvalue weighted by Crippen LogP contribution is 2.22. The lowest BCUT2D eigenvalue weighted by Gasteiger charge is -2.36. The second kappa shape index (κ2) is 12.3. The van der Waals surface area contributed by atoms with Crippen LogP contribution in [0.1, 0.15) is 43.7 Å². The first kappa shape index (κ1) is 23.8. The molecule has 31 heavy (non-hydrogen) atoms. The molecular weight excluding hydrogens is 392 g/mol. The van der Waals surface area contributed by atoms with Crippen molar-refractivity contribution < 1.29 is 14.2 Å². The predicted molar refractivity (Wildman–Crippen MR) is 125 cm³/mol. The van der Waals surface area contributed by atoms with E-state index < -0.39 is 0 Å². The van der Waals surface area contributed by atoms with Gasteiger partial charge in [0.05, 0.1) is 32.0 Å². The Bertz CT molecular complexity index is 683. The number of nitrogens with one attached hydrogen (secondary N) is 1. The van der Waals surface area contributed by atoms with Crippen LogP contribution in [0.25, 0.3) is 0 Å². The molecule has 2 aliphatic heterocycles. The molecule has 1 aromatic rings. The summed E-state index contributed by atoms with van der Waals surface area (Å²) in [4.78, 5) is 9.11. The Labute approximate surface area is 187 Å². The smallest absolute Gasteiger partial charge is 0.193 e. The molecule has 0 bridgehead atoms. The maximum Gasteiger partial charge on any atom is 0.193 e. The SMILES string of the molecule is CN=C(NCC(c1cccc(OC)c1)N(C)C)N1CCC(OCC2CCCCO2)CC1. The molecule has 174 valence electrons. The number of benzene rings is 1. The standard InChI is InChI=1S/C24H40N4O3/c1-25-24(26-17-23(27(2)3)19-8-7-10-21(16-19)29-4)28-13-11-20(12-14-28)31-18-22-9-5-6-15-30-22/h7-8,10,16,20,22-23H,5-6,9,11-15,17-18H2,1-4H3,(H,25,26). The van der Waals surface area contributed by atoms with Crippen molar-refractivity contribution in [2.75, 3.05) is 61.1 Å². The second-order valence-electron chi connectivity index (χ2n) is 8.69. The van der Waals surface area contributed by atoms with E-state index in [1.165, 1.54) is 18.4 Å². The number of ether oxygens (including phenoxy) is 3. The van der Waals surface area contributed by atoms with E-state index in [0.717, 1.165) is 63.8 Å². The van der Waals surface area contributed by atoms with E-state index in [1.807, 2.05) is 19.2 Å². The third kappa shape index (κ3) is 7.09. The minimum absolute atomic E-state index is 0.225. The van der Waals surface area contributed by atoms with Crippen molar-refractivity contribution in [3.8, 4) is 5.75 Å². The molecule has 7 nitrogen and oxygen atoms in total. The molecule has 2 unspecified atom stereocenters. The number of methoxy groups -OCH3 is 1. The molecular formula is C24H40N4O3. The number of nitrogens with zero attached hydrogens (tertiary/aromatic N) is 3. The number of likely N-dealkylation sites (tertiary alicyclic amines) is 1. The van der Waals surface area contributed by atoms with Crippen molar-refractivity contribution in [3.63, 3.8) is 0 Å². The first-order valence-corrected chi connectivity index (χ1v) is 11.6. The number of hydrogen-bond donors (Lipinski definition) is 1. The van der Waals surface area contributed by atoms with E-state index in [-0.39, 0.29) is 6.04 Å². The Balaban J connectivity index is 1.47. The normalized spacial score (nSPS) is 21.9. The van der Waals surface area contributed by atoms with Crippen LogP contribution in [0.3, 0.4) is 0 Å². The van der Waals surface area contributed by atoms with Gasteiger partial charge < -0.3 is 29.3 Å². The topological polar surface area (TPSA) is 58.6 Å². The molecule has 0 saturated carbocycles. The summed E-state index contributed by atoms with van der Waals surface area (Å²) in [5.41, 5.74) is 1.23. The first-order valence-electron chi connectivity index (χ1n) is 11.6. The largest absolute Gasteiger partial charge is 0.497 e. The van der Waals surface area contributed by atoms with Crippen molar-refractivity contribution in [2.45, 2.75) is 50.4 Å². The fraction of sp³-hybridized carbons (Fsp3) is 0.708. The molecule has 1 N–H and O–H groups in total. The zero-order chi connectivity index (χ0) is 22.1. The van der Waals surface area contributed by atoms with Crippen LogP contribution in [0.4, 0.5) is 0 Å². The highest BCUT2D eigenvalue weighted by molar-refractivity contribution is 5.80. The lowest BCUT2D eigenvalue weighted by atomic mass is 10.1. The summed E-state index contributed by atoms with van der Waals surface area (Å²) in [6, 6.07) is 8.51. The predicted octanol–water partition coefficient (Wildman–Crippen LogP) is 2.92. The van der Waals surface area contributed by atoms with Gasteiger partial charge in [0.25, 0.3) is 0 Å². The van der Waals surface area contributed by atoms with Crippen LogP contribution < -0.4 is 10.1 Å². The lowest BCUT2D eigenvalue weighted by Crippen LogP contribution is -2.48. The molecule has 0 aliphatic carbocycles. The lowest BCUT2D eigenvalue weighted by molar-refractivity contribution is -0.0721. The molecule has 3 rings (SSSR count). The minimum atomic E-state index is 0.225. The average Bonchev–Trinajstić information content (AvgIpc) is 2.81. The van der Waals surface area contributed by atoms with Gasteiger partial charge in [-0.15, -0.1) is 0 Å². The molecule has 2 heterocycles. The summed E-state index contributed by atoms with van der Waals surface area (Å²) in [6.07, 6.45) is 6.26. The van der Waals surface area contributed by atoms with Gasteiger partial charge in [-0.1, -0.05) is 12.1 Å². The Morgan fingerprint density at radius 3 is 2.71 bits per heavy atom. The van der Waals surface area contributed by atoms with E-state index >= 15 is 0 Å². The maximum absolute atomic E-state index is 6.16. The van der Waals surface area contributed by atoms with Gasteiger partial charge in [-0.2, -0.15) is 0 Å². The number of likely N-dealkylation sites (N-methyl/N-ethyl adjacent to an activating group) is 1. The zero-order valence-electron chi connectivity index (χ0n) is 19.7. The molecule has 2 fully saturated rings. The summed E-state index contributed by atoms with van der Waals surface area (Å²) >= 11 is 0. The van der Waals surface area contributed by atoms with Gasteiger partial charge in [-0.05, 0) is 63.9 Å². The molecule has 2 saturated heterocycles. The molecule has 0 amide bonds. The number of rotatable bonds is 8. The van der Waals surface area contributed by atoms with E-state index in [1.54, 1.807) is 7.11 Å². The Hall–Kier alpha value is -1.83. The minimum Gasteiger partial charge on any atom is -0.497 e. The number of guanidine groups is 1. The second-order valence-corrected chi connectivity index (χ2v) is 8.69. The summed E-state index contributed by atoms with van der Waals surface area (Å²) in [7, 11) is 7.78. The maximum atomic E-state index is 6.16. The Kier molecular flexibility index (Phi) is 9.43. The van der Waals surface area contributed by atoms with E-state index in [2.05, 4.69) is 46.3 Å². The summed E-state index contributed by atoms with van der Waals surface area (Å²) < 4.78 is 17.4. The van der Waals surface area contributed by atoms with Crippen LogP contribution in [0.15, 0.2) is 29.3 Å². The highest BCUT2D eigenvalue weighted by Gasteiger charge is 2.24. The van der Waals surface area contributed by atoms with E-state index in [4.69, 9.17) is 14.2 Å². The van der Waals surface area contributed by atoms with Gasteiger partial charge in [0.15, 0.2) is 5.96 Å². The van der Waals surface area contributed by atoms with Crippen LogP contribution in [-0.2, 0) is 9.47 Å². The number of aliphatic imine (C=N–C) groups is 1. The third-order valence-electron chi connectivity index (χ3n) is 6.30. The van der Waals surface area contributed by atoms with Gasteiger partial charge in [0.2, 0.25) is 0 Å². The van der Waals surface area contributed by atoms with Crippen LogP contribution in [-0.4, -0.2) is 89.1 Å². The van der Waals surface area contributed by atoms with Crippen molar-refractivity contribution in [3.05, 3.63) is 29.8 Å². The average molecular weight is 433 g/mol. The summed E-state index contributed by atoms with van der Waals surface area (Å²) in [5, 5.41) is 3.59. The highest BCUT2D eigenvalue weighted by atomic mass is 16.5. The monoisotopic (exact) mass is 432 g/mol. The fourth-order valence-corrected chi connectivity index (χ4v) is 4.38. The van der Waals surface area contributed by atoms with E-state index in [9.17, 15) is 0 Å². The fourth-order valence-electron chi connectivity index (χ4n) is 4.38. The van der Waals surface area contributed by atoms with Gasteiger partial charge in [0, 0.05) is 33.3 Å². The molecule has 2 aliphatic rings. The van der Waals surface area contributed by atoms with Crippen LogP contribution in [0.2, 0.25) is 0 Å². The van der Waals surface area contributed by atoms with Crippen molar-refractivity contribution in [2.24, 2.45) is 4.99 Å². The molecule has 0 radical (unpaired) electrons. The molecule has 1 aromatic carbocycles. The van der Waals surface area contributed by atoms with E-state index in [0.29, 0.717) is 12.2 Å². The van der Waals surface area contributed by atoms with Crippen molar-refractivity contribution in [1.82, 2.24) is 15.1 Å². The van der Waals surface area contributed by atoms with Gasteiger partial charge in [-0.3, -0.25) is 4.99 Å². The molecule has 0 aromatic heterocycles. The summed E-state index contributed by atoms with van der Waals surface area (Å²) in [5.74, 6) is 1.85. The van der Waals surface area contributed by atoms with Gasteiger partial charge in [0.1, 0.15) is 5.75 Å². The van der Waals surface area contributed by atoms with Crippen LogP contribution in [0.5, 0.6) is 5.75 Å². The van der Waals surface area contributed by atoms with Gasteiger partial charge in [-0.25, -0.2) is 0 Å². The summed E-state index contributed by atoms with van der Waals surface area (Å²) in [6.45, 7) is 4.33. The Morgan fingerprint density at radius 2 is 2.06 bits per heavy atom. The molecule has 0 spiro atoms. The van der Waals surface area contributed by atoms with Crippen molar-refractivity contribution >= 4 is 5.96 Å². The van der Waals surface area contributed by atoms with Crippen molar-refractivity contribution in [1.29, 1.82) is 0 Å². The molecule has 7 heteroatoms. The van der Waals surface area contributed by atoms with Gasteiger partial charge >= 0.3 is 0 Å². The zero-order valence-corrected chi connectivity index (χ0v) is 19.7. The number of hydrogen-bond acceptors (Lipinski definition) is 5. The first-order chi connectivity index (χ1) is 15.1. The number of piperidine rings is 1. The quantitative estimate of drug-likeness (QED) is 0.504. The third-order valence-corrected chi connectivity index (χ3v) is 6.30. The Morgan fingerprint density at radius 1 is 1.26 bits per heavy atom. The molecule has 2 atom stereocenters.